The number of fused-ring (bicyclic) bond motifs is 1. The van der Waals surface area contributed by atoms with E-state index in [0.29, 0.717) is 5.56 Å². The number of aromatic amines is 1. The summed E-state index contributed by atoms with van der Waals surface area (Å²) in [5.74, 6) is -0.843. The van der Waals surface area contributed by atoms with E-state index in [0.717, 1.165) is 9.36 Å². The summed E-state index contributed by atoms with van der Waals surface area (Å²) in [5.41, 5.74) is -3.31. The summed E-state index contributed by atoms with van der Waals surface area (Å²) < 4.78 is 7.04. The van der Waals surface area contributed by atoms with Crippen LogP contribution in [0.15, 0.2) is 69.2 Å². The fourth-order valence-corrected chi connectivity index (χ4v) is 3.37. The minimum atomic E-state index is -2.06. The lowest BCUT2D eigenvalue weighted by atomic mass is 9.99. The number of ether oxygens (including phenoxy) is 1. The van der Waals surface area contributed by atoms with E-state index in [1.165, 1.54) is 24.3 Å². The number of benzene rings is 2. The molecule has 4 rings (SSSR count). The molecular formula is C19H15N5O6. The Balaban J connectivity index is 2.06. The molecule has 0 saturated carbocycles. The molecule has 0 amide bonds. The first kappa shape index (κ1) is 19.1. The molecule has 2 aromatic carbocycles. The summed E-state index contributed by atoms with van der Waals surface area (Å²) in [6.07, 6.45) is 0. The second-order valence-corrected chi connectivity index (χ2v) is 6.36. The molecule has 1 aromatic heterocycles. The minimum absolute atomic E-state index is 0.00679. The molecule has 30 heavy (non-hydrogen) atoms. The fourth-order valence-electron chi connectivity index (χ4n) is 3.37. The molecule has 0 fully saturated rings. The zero-order valence-electron chi connectivity index (χ0n) is 15.6. The van der Waals surface area contributed by atoms with E-state index in [1.807, 2.05) is 0 Å². The molecule has 1 atom stereocenters. The predicted molar refractivity (Wildman–Crippen MR) is 104 cm³/mol. The molecule has 0 saturated heterocycles. The summed E-state index contributed by atoms with van der Waals surface area (Å²) in [6, 6.07) is 13.5. The first-order chi connectivity index (χ1) is 14.4. The highest BCUT2D eigenvalue weighted by Crippen LogP contribution is 2.34. The number of nitrogens with one attached hydrogen (secondary N) is 1. The number of carbonyl (C=O) groups excluding carboxylic acids is 1. The lowest BCUT2D eigenvalue weighted by Crippen LogP contribution is -2.47. The van der Waals surface area contributed by atoms with E-state index >= 15 is 0 Å². The van der Waals surface area contributed by atoms with Crippen LogP contribution in [0, 0.1) is 10.1 Å². The lowest BCUT2D eigenvalue weighted by Gasteiger charge is -2.24. The van der Waals surface area contributed by atoms with Crippen LogP contribution in [0.2, 0.25) is 0 Å². The van der Waals surface area contributed by atoms with Gasteiger partial charge in [0.1, 0.15) is 0 Å². The van der Waals surface area contributed by atoms with Crippen LogP contribution < -0.4 is 11.4 Å². The van der Waals surface area contributed by atoms with Crippen molar-refractivity contribution in [1.29, 1.82) is 0 Å². The van der Waals surface area contributed by atoms with Gasteiger partial charge >= 0.3 is 17.3 Å². The summed E-state index contributed by atoms with van der Waals surface area (Å²) >= 11 is 0. The Morgan fingerprint density at radius 1 is 1.13 bits per heavy atom. The Morgan fingerprint density at radius 3 is 2.40 bits per heavy atom. The SMILES string of the molecule is CCOC(=O)C1(c2ccc([N+](=O)[O-])cc2)N=C(c2ccccc2)n2c(=O)[nH]c(=O)n21. The topological polar surface area (TPSA) is 142 Å². The maximum absolute atomic E-state index is 13.1. The first-order valence-corrected chi connectivity index (χ1v) is 8.92. The Labute approximate surface area is 168 Å². The average Bonchev–Trinajstić information content (AvgIpc) is 3.26. The molecule has 0 spiro atoms. The van der Waals surface area contributed by atoms with Crippen molar-refractivity contribution < 1.29 is 14.5 Å². The van der Waals surface area contributed by atoms with Gasteiger partial charge in [0.25, 0.3) is 11.4 Å². The number of hydrogen-bond donors (Lipinski definition) is 1. The van der Waals surface area contributed by atoms with Gasteiger partial charge in [0, 0.05) is 23.3 Å². The molecule has 1 aliphatic rings. The van der Waals surface area contributed by atoms with Crippen molar-refractivity contribution in [2.45, 2.75) is 12.6 Å². The third-order valence-electron chi connectivity index (χ3n) is 4.65. The number of aromatic nitrogens is 3. The number of aliphatic imine (C=N–C) groups is 1. The molecule has 1 aliphatic heterocycles. The predicted octanol–water partition coefficient (Wildman–Crippen LogP) is 0.819. The Hall–Kier alpha value is -4.28. The van der Waals surface area contributed by atoms with E-state index in [4.69, 9.17) is 4.74 Å². The summed E-state index contributed by atoms with van der Waals surface area (Å²) in [5, 5.41) is 11.0. The van der Waals surface area contributed by atoms with Gasteiger partial charge in [0.15, 0.2) is 5.84 Å². The van der Waals surface area contributed by atoms with Crippen molar-refractivity contribution in [3.05, 3.63) is 96.8 Å². The molecule has 2 heterocycles. The summed E-state index contributed by atoms with van der Waals surface area (Å²) in [7, 11) is 0. The van der Waals surface area contributed by atoms with Gasteiger partial charge in [0.2, 0.25) is 0 Å². The van der Waals surface area contributed by atoms with Crippen LogP contribution in [-0.4, -0.2) is 37.7 Å². The second-order valence-electron chi connectivity index (χ2n) is 6.36. The highest BCUT2D eigenvalue weighted by molar-refractivity contribution is 6.03. The smallest absolute Gasteiger partial charge is 0.362 e. The van der Waals surface area contributed by atoms with Crippen LogP contribution >= 0.6 is 0 Å². The standard InChI is InChI=1S/C19H15N5O6/c1-2-30-16(25)19(13-8-10-14(11-9-13)24(28)29)21-15(12-6-4-3-5-7-12)22-17(26)20-18(27)23(19)22/h3-11H,2H2,1H3,(H,20,26,27). The molecule has 0 bridgehead atoms. The molecule has 0 aliphatic carbocycles. The molecule has 3 aromatic rings. The highest BCUT2D eigenvalue weighted by atomic mass is 16.6. The van der Waals surface area contributed by atoms with Crippen molar-refractivity contribution in [2.24, 2.45) is 4.99 Å². The van der Waals surface area contributed by atoms with E-state index in [2.05, 4.69) is 9.98 Å². The normalized spacial score (nSPS) is 17.3. The number of H-pyrrole nitrogens is 1. The Bertz CT molecular complexity index is 1290. The number of nitro groups is 1. The number of hydrogen-bond acceptors (Lipinski definition) is 7. The minimum Gasteiger partial charge on any atom is -0.462 e. The maximum atomic E-state index is 13.1. The number of non-ortho nitro benzene ring substituents is 1. The van der Waals surface area contributed by atoms with E-state index in [9.17, 15) is 24.5 Å². The van der Waals surface area contributed by atoms with Crippen LogP contribution in [0.3, 0.4) is 0 Å². The van der Waals surface area contributed by atoms with Crippen molar-refractivity contribution in [3.63, 3.8) is 0 Å². The van der Waals surface area contributed by atoms with Crippen LogP contribution in [0.1, 0.15) is 18.1 Å². The fraction of sp³-hybridized carbons (Fsp3) is 0.158. The largest absolute Gasteiger partial charge is 0.462 e. The average molecular weight is 409 g/mol. The van der Waals surface area contributed by atoms with Gasteiger partial charge in [0.05, 0.1) is 11.5 Å². The second kappa shape index (κ2) is 6.95. The van der Waals surface area contributed by atoms with Gasteiger partial charge in [-0.15, -0.1) is 0 Å². The monoisotopic (exact) mass is 409 g/mol. The van der Waals surface area contributed by atoms with E-state index in [-0.39, 0.29) is 23.7 Å². The van der Waals surface area contributed by atoms with Crippen molar-refractivity contribution >= 4 is 17.5 Å². The van der Waals surface area contributed by atoms with Crippen LogP contribution in [0.5, 0.6) is 0 Å². The highest BCUT2D eigenvalue weighted by Gasteiger charge is 2.52. The van der Waals surface area contributed by atoms with Gasteiger partial charge < -0.3 is 4.74 Å². The number of esters is 1. The number of rotatable bonds is 5. The van der Waals surface area contributed by atoms with Gasteiger partial charge in [-0.3, -0.25) is 15.1 Å². The molecule has 11 nitrogen and oxygen atoms in total. The third kappa shape index (κ3) is 2.67. The maximum Gasteiger partial charge on any atom is 0.362 e. The van der Waals surface area contributed by atoms with Crippen LogP contribution in [-0.2, 0) is 15.2 Å². The summed E-state index contributed by atoms with van der Waals surface area (Å²) in [4.78, 5) is 55.4. The van der Waals surface area contributed by atoms with Gasteiger partial charge in [-0.25, -0.2) is 19.4 Å². The zero-order chi connectivity index (χ0) is 21.5. The molecule has 11 heteroatoms. The molecular weight excluding hydrogens is 394 g/mol. The van der Waals surface area contributed by atoms with Crippen molar-refractivity contribution in [1.82, 2.24) is 14.3 Å². The van der Waals surface area contributed by atoms with Gasteiger partial charge in [-0.2, -0.15) is 9.36 Å². The quantitative estimate of drug-likeness (QED) is 0.376. The summed E-state index contributed by atoms with van der Waals surface area (Å²) in [6.45, 7) is 1.58. The van der Waals surface area contributed by atoms with Gasteiger partial charge in [-0.05, 0) is 19.1 Å². The molecule has 1 N–H and O–H groups in total. The molecule has 1 unspecified atom stereocenters. The Morgan fingerprint density at radius 2 is 1.80 bits per heavy atom. The molecule has 0 radical (unpaired) electrons. The van der Waals surface area contributed by atoms with Gasteiger partial charge in [-0.1, -0.05) is 30.3 Å². The first-order valence-electron chi connectivity index (χ1n) is 8.92. The van der Waals surface area contributed by atoms with Crippen LogP contribution in [0.25, 0.3) is 0 Å². The number of carbonyl (C=O) groups is 1. The number of nitrogens with zero attached hydrogens (tertiary/aromatic N) is 4. The zero-order valence-corrected chi connectivity index (χ0v) is 15.6. The van der Waals surface area contributed by atoms with E-state index in [1.54, 1.807) is 37.3 Å². The van der Waals surface area contributed by atoms with Crippen LogP contribution in [0.4, 0.5) is 5.69 Å². The lowest BCUT2D eigenvalue weighted by molar-refractivity contribution is -0.384. The van der Waals surface area contributed by atoms with E-state index < -0.39 is 27.9 Å². The third-order valence-corrected chi connectivity index (χ3v) is 4.65. The molecule has 152 valence electrons. The Kier molecular flexibility index (Phi) is 4.42. The van der Waals surface area contributed by atoms with Crippen molar-refractivity contribution in [2.75, 3.05) is 6.61 Å². The number of nitro benzene ring substituents is 1. The van der Waals surface area contributed by atoms with Crippen molar-refractivity contribution in [3.8, 4) is 0 Å².